The molecule has 0 aliphatic rings. The van der Waals surface area contributed by atoms with E-state index in [0.717, 1.165) is 39.8 Å². The molecule has 0 spiro atoms. The molecule has 7 nitrogen and oxygen atoms in total. The summed E-state index contributed by atoms with van der Waals surface area (Å²) in [6.45, 7) is 2.52. The number of aliphatic hydroxyl groups is 1. The van der Waals surface area contributed by atoms with Crippen LogP contribution in [0, 0.1) is 6.92 Å². The van der Waals surface area contributed by atoms with Crippen molar-refractivity contribution in [3.63, 3.8) is 0 Å². The van der Waals surface area contributed by atoms with Crippen molar-refractivity contribution in [3.05, 3.63) is 84.6 Å². The van der Waals surface area contributed by atoms with Crippen molar-refractivity contribution >= 4 is 11.7 Å². The van der Waals surface area contributed by atoms with Crippen LogP contribution in [-0.4, -0.2) is 43.5 Å². The number of hydrogen-bond acceptors (Lipinski definition) is 4. The van der Waals surface area contributed by atoms with Gasteiger partial charge in [-0.1, -0.05) is 12.1 Å². The first-order valence-corrected chi connectivity index (χ1v) is 10.5. The second-order valence-corrected chi connectivity index (χ2v) is 7.53. The van der Waals surface area contributed by atoms with Gasteiger partial charge < -0.3 is 24.7 Å². The number of nitrogens with one attached hydrogen (secondary N) is 1. The molecule has 0 aliphatic carbocycles. The third-order valence-corrected chi connectivity index (χ3v) is 5.39. The van der Waals surface area contributed by atoms with Crippen LogP contribution in [-0.2, 0) is 11.2 Å². The average molecular weight is 431 g/mol. The number of aliphatic carboxylic acids is 1. The number of nitrogens with zero attached hydrogens (tertiary/aromatic N) is 3. The van der Waals surface area contributed by atoms with E-state index in [-0.39, 0.29) is 13.0 Å². The molecule has 0 aliphatic heterocycles. The van der Waals surface area contributed by atoms with Crippen molar-refractivity contribution in [2.24, 2.45) is 0 Å². The van der Waals surface area contributed by atoms with Gasteiger partial charge in [0.05, 0.1) is 18.7 Å². The molecule has 0 amide bonds. The summed E-state index contributed by atoms with van der Waals surface area (Å²) >= 11 is 0. The van der Waals surface area contributed by atoms with Crippen LogP contribution in [0.4, 0.5) is 5.69 Å². The zero-order valence-corrected chi connectivity index (χ0v) is 17.9. The minimum absolute atomic E-state index is 0.0669. The first kappa shape index (κ1) is 21.4. The summed E-state index contributed by atoms with van der Waals surface area (Å²) in [6, 6.07) is 20.2. The summed E-state index contributed by atoms with van der Waals surface area (Å²) in [6.07, 6.45) is 4.22. The van der Waals surface area contributed by atoms with Gasteiger partial charge in [-0.2, -0.15) is 0 Å². The molecular formula is C25H26N4O3. The molecule has 4 rings (SSSR count). The lowest BCUT2D eigenvalue weighted by Gasteiger charge is -2.15. The Balaban J connectivity index is 1.70. The Hall–Kier alpha value is -3.84. The average Bonchev–Trinajstić information content (AvgIpc) is 3.43. The van der Waals surface area contributed by atoms with Gasteiger partial charge in [0.15, 0.2) is 0 Å². The molecule has 0 fully saturated rings. The van der Waals surface area contributed by atoms with Crippen molar-refractivity contribution in [2.45, 2.75) is 19.8 Å². The van der Waals surface area contributed by atoms with E-state index in [1.54, 1.807) is 6.20 Å². The van der Waals surface area contributed by atoms with Crippen LogP contribution in [0.1, 0.15) is 17.9 Å². The van der Waals surface area contributed by atoms with Crippen molar-refractivity contribution in [3.8, 4) is 22.6 Å². The SMILES string of the molecule is Cc1nccn1-c1ccc(-c2ccc(CCC(=O)O)n2-c2ccc(NCCO)cc2)cc1. The topological polar surface area (TPSA) is 92.3 Å². The van der Waals surface area contributed by atoms with Crippen molar-refractivity contribution < 1.29 is 15.0 Å². The second kappa shape index (κ2) is 9.53. The van der Waals surface area contributed by atoms with Gasteiger partial charge in [0, 0.05) is 41.7 Å². The van der Waals surface area contributed by atoms with Crippen molar-refractivity contribution in [1.82, 2.24) is 14.1 Å². The number of anilines is 1. The molecule has 0 unspecified atom stereocenters. The number of benzene rings is 2. The highest BCUT2D eigenvalue weighted by atomic mass is 16.4. The number of aryl methyl sites for hydroxylation is 2. The Kier molecular flexibility index (Phi) is 6.37. The number of carboxylic acids is 1. The Bertz CT molecular complexity index is 1190. The van der Waals surface area contributed by atoms with Gasteiger partial charge in [-0.05, 0) is 67.4 Å². The zero-order chi connectivity index (χ0) is 22.5. The maximum absolute atomic E-state index is 11.2. The van der Waals surface area contributed by atoms with Crippen LogP contribution in [0.5, 0.6) is 0 Å². The summed E-state index contributed by atoms with van der Waals surface area (Å²) in [5.41, 5.74) is 5.88. The highest BCUT2D eigenvalue weighted by Crippen LogP contribution is 2.29. The lowest BCUT2D eigenvalue weighted by atomic mass is 10.1. The quantitative estimate of drug-likeness (QED) is 0.372. The molecule has 0 atom stereocenters. The molecule has 2 heterocycles. The standard InChI is InChI=1S/C25H26N4O3/c1-18-26-14-16-28(18)21-6-2-19(3-7-21)24-12-10-23(11-13-25(31)32)29(24)22-8-4-20(5-9-22)27-15-17-30/h2-10,12,14,16,27,30H,11,13,15,17H2,1H3,(H,31,32). The minimum Gasteiger partial charge on any atom is -0.481 e. The molecule has 3 N–H and O–H groups in total. The van der Waals surface area contributed by atoms with Crippen LogP contribution >= 0.6 is 0 Å². The van der Waals surface area contributed by atoms with E-state index in [0.29, 0.717) is 13.0 Å². The number of rotatable bonds is 9. The predicted octanol–water partition coefficient (Wildman–Crippen LogP) is 4.06. The Labute approximate surface area is 186 Å². The summed E-state index contributed by atoms with van der Waals surface area (Å²) < 4.78 is 4.13. The van der Waals surface area contributed by atoms with Crippen LogP contribution in [0.2, 0.25) is 0 Å². The Morgan fingerprint density at radius 2 is 1.72 bits per heavy atom. The van der Waals surface area contributed by atoms with Crippen molar-refractivity contribution in [2.75, 3.05) is 18.5 Å². The molecule has 0 saturated heterocycles. The van der Waals surface area contributed by atoms with Crippen LogP contribution in [0.3, 0.4) is 0 Å². The summed E-state index contributed by atoms with van der Waals surface area (Å²) in [5.74, 6) is 0.106. The molecule has 164 valence electrons. The van der Waals surface area contributed by atoms with E-state index < -0.39 is 5.97 Å². The number of carbonyl (C=O) groups is 1. The minimum atomic E-state index is -0.817. The lowest BCUT2D eigenvalue weighted by molar-refractivity contribution is -0.136. The van der Waals surface area contributed by atoms with Crippen molar-refractivity contribution in [1.29, 1.82) is 0 Å². The van der Waals surface area contributed by atoms with Crippen LogP contribution in [0.15, 0.2) is 73.1 Å². The monoisotopic (exact) mass is 430 g/mol. The van der Waals surface area contributed by atoms with Gasteiger partial charge in [-0.15, -0.1) is 0 Å². The molecule has 7 heteroatoms. The normalized spacial score (nSPS) is 10.9. The molecule has 32 heavy (non-hydrogen) atoms. The van der Waals surface area contributed by atoms with Gasteiger partial charge in [0.25, 0.3) is 0 Å². The number of hydrogen-bond donors (Lipinski definition) is 3. The van der Waals surface area contributed by atoms with E-state index in [2.05, 4.69) is 39.1 Å². The van der Waals surface area contributed by atoms with E-state index in [4.69, 9.17) is 5.11 Å². The van der Waals surface area contributed by atoms with Gasteiger partial charge >= 0.3 is 5.97 Å². The Morgan fingerprint density at radius 3 is 2.34 bits per heavy atom. The van der Waals surface area contributed by atoms with Crippen LogP contribution < -0.4 is 5.32 Å². The summed E-state index contributed by atoms with van der Waals surface area (Å²) in [4.78, 5) is 15.5. The smallest absolute Gasteiger partial charge is 0.303 e. The molecular weight excluding hydrogens is 404 g/mol. The maximum atomic E-state index is 11.2. The van der Waals surface area contributed by atoms with Gasteiger partial charge in [-0.3, -0.25) is 4.79 Å². The number of aromatic nitrogens is 3. The van der Waals surface area contributed by atoms with E-state index >= 15 is 0 Å². The zero-order valence-electron chi connectivity index (χ0n) is 17.9. The lowest BCUT2D eigenvalue weighted by Crippen LogP contribution is -2.07. The van der Waals surface area contributed by atoms with Gasteiger partial charge in [-0.25, -0.2) is 4.98 Å². The summed E-state index contributed by atoms with van der Waals surface area (Å²) in [5, 5.41) is 21.3. The highest BCUT2D eigenvalue weighted by Gasteiger charge is 2.14. The maximum Gasteiger partial charge on any atom is 0.303 e. The predicted molar refractivity (Wildman–Crippen MR) is 125 cm³/mol. The van der Waals surface area contributed by atoms with E-state index in [1.165, 1.54) is 0 Å². The molecule has 0 bridgehead atoms. The first-order valence-electron chi connectivity index (χ1n) is 10.5. The van der Waals surface area contributed by atoms with E-state index in [9.17, 15) is 9.90 Å². The van der Waals surface area contributed by atoms with Gasteiger partial charge in [0.1, 0.15) is 5.82 Å². The van der Waals surface area contributed by atoms with Crippen LogP contribution in [0.25, 0.3) is 22.6 Å². The fraction of sp³-hybridized carbons (Fsp3) is 0.200. The van der Waals surface area contributed by atoms with Gasteiger partial charge in [0.2, 0.25) is 0 Å². The third kappa shape index (κ3) is 4.58. The highest BCUT2D eigenvalue weighted by molar-refractivity contribution is 5.68. The molecule has 0 saturated carbocycles. The molecule has 4 aromatic rings. The number of carboxylic acid groups (broad SMARTS) is 1. The number of imidazole rings is 1. The molecule has 2 aromatic heterocycles. The summed E-state index contributed by atoms with van der Waals surface area (Å²) in [7, 11) is 0. The largest absolute Gasteiger partial charge is 0.481 e. The fourth-order valence-corrected chi connectivity index (χ4v) is 3.81. The Morgan fingerprint density at radius 1 is 1.00 bits per heavy atom. The first-order chi connectivity index (χ1) is 15.6. The van der Waals surface area contributed by atoms with E-state index in [1.807, 2.05) is 54.1 Å². The molecule has 2 aromatic carbocycles. The molecule has 0 radical (unpaired) electrons. The fourth-order valence-electron chi connectivity index (χ4n) is 3.81. The second-order valence-electron chi connectivity index (χ2n) is 7.53. The number of aliphatic hydroxyl groups excluding tert-OH is 1. The third-order valence-electron chi connectivity index (χ3n) is 5.39.